The van der Waals surface area contributed by atoms with Crippen LogP contribution in [0, 0.1) is 0 Å². The van der Waals surface area contributed by atoms with Crippen molar-refractivity contribution in [3.05, 3.63) is 28.0 Å². The van der Waals surface area contributed by atoms with Gasteiger partial charge in [-0.3, -0.25) is 4.79 Å². The van der Waals surface area contributed by atoms with E-state index in [1.807, 2.05) is 6.92 Å². The van der Waals surface area contributed by atoms with E-state index < -0.39 is 0 Å². The smallest absolute Gasteiger partial charge is 0.253 e. The van der Waals surface area contributed by atoms with Gasteiger partial charge in [-0.2, -0.15) is 0 Å². The molecule has 1 aromatic heterocycles. The molecule has 0 aliphatic heterocycles. The number of unbranched alkanes of at least 4 members (excludes halogenated alkanes) is 1. The van der Waals surface area contributed by atoms with Crippen LogP contribution in [0.3, 0.4) is 0 Å². The van der Waals surface area contributed by atoms with Gasteiger partial charge in [-0.1, -0.05) is 43.0 Å². The monoisotopic (exact) mass is 274 g/mol. The maximum atomic E-state index is 11.8. The number of nitrogens with one attached hydrogen (secondary N) is 1. The molecule has 0 fully saturated rings. The van der Waals surface area contributed by atoms with E-state index in [0.29, 0.717) is 10.6 Å². The van der Waals surface area contributed by atoms with Gasteiger partial charge in [0.05, 0.1) is 10.6 Å². The number of rotatable bonds is 5. The van der Waals surface area contributed by atoms with Crippen LogP contribution in [0.2, 0.25) is 10.2 Å². The number of aromatic nitrogens is 1. The van der Waals surface area contributed by atoms with Crippen LogP contribution in [-0.4, -0.2) is 16.9 Å². The van der Waals surface area contributed by atoms with Crippen molar-refractivity contribution in [2.24, 2.45) is 0 Å². The largest absolute Gasteiger partial charge is 0.350 e. The summed E-state index contributed by atoms with van der Waals surface area (Å²) < 4.78 is 0. The molecule has 0 aliphatic carbocycles. The highest BCUT2D eigenvalue weighted by Crippen LogP contribution is 2.19. The summed E-state index contributed by atoms with van der Waals surface area (Å²) in [5.41, 5.74) is 0.433. The van der Waals surface area contributed by atoms with E-state index in [1.54, 1.807) is 0 Å². The minimum atomic E-state index is -0.167. The van der Waals surface area contributed by atoms with E-state index in [1.165, 1.54) is 12.3 Å². The molecule has 94 valence electrons. The summed E-state index contributed by atoms with van der Waals surface area (Å²) in [5, 5.41) is 3.40. The van der Waals surface area contributed by atoms with Crippen LogP contribution in [-0.2, 0) is 0 Å². The SMILES string of the molecule is CCCCC(C)NC(=O)c1cnc(Cl)c(Cl)c1. The van der Waals surface area contributed by atoms with Crippen LogP contribution >= 0.6 is 23.2 Å². The van der Waals surface area contributed by atoms with E-state index in [2.05, 4.69) is 17.2 Å². The van der Waals surface area contributed by atoms with Crippen molar-refractivity contribution >= 4 is 29.1 Å². The van der Waals surface area contributed by atoms with E-state index in [4.69, 9.17) is 23.2 Å². The van der Waals surface area contributed by atoms with Crippen LogP contribution in [0.4, 0.5) is 0 Å². The molecule has 5 heteroatoms. The zero-order valence-electron chi connectivity index (χ0n) is 9.96. The van der Waals surface area contributed by atoms with Gasteiger partial charge < -0.3 is 5.32 Å². The first-order chi connectivity index (χ1) is 8.04. The fraction of sp³-hybridized carbons (Fsp3) is 0.500. The lowest BCUT2D eigenvalue weighted by molar-refractivity contribution is 0.0937. The normalized spacial score (nSPS) is 12.2. The Labute approximate surface area is 112 Å². The molecule has 1 N–H and O–H groups in total. The first-order valence-electron chi connectivity index (χ1n) is 5.66. The molecule has 1 heterocycles. The van der Waals surface area contributed by atoms with Gasteiger partial charge in [-0.15, -0.1) is 0 Å². The van der Waals surface area contributed by atoms with Gasteiger partial charge >= 0.3 is 0 Å². The Hall–Kier alpha value is -0.800. The van der Waals surface area contributed by atoms with Crippen LogP contribution in [0.15, 0.2) is 12.3 Å². The molecule has 0 radical (unpaired) electrons. The molecule has 1 unspecified atom stereocenters. The lowest BCUT2D eigenvalue weighted by Crippen LogP contribution is -2.32. The van der Waals surface area contributed by atoms with Crippen LogP contribution < -0.4 is 5.32 Å². The number of hydrogen-bond donors (Lipinski definition) is 1. The van der Waals surface area contributed by atoms with Crippen molar-refractivity contribution in [2.45, 2.75) is 39.2 Å². The Morgan fingerprint density at radius 1 is 1.53 bits per heavy atom. The third-order valence-corrected chi connectivity index (χ3v) is 3.11. The molecular weight excluding hydrogens is 259 g/mol. The fourth-order valence-corrected chi connectivity index (χ4v) is 1.70. The maximum Gasteiger partial charge on any atom is 0.253 e. The molecule has 0 saturated heterocycles. The van der Waals surface area contributed by atoms with Crippen molar-refractivity contribution in [3.8, 4) is 0 Å². The summed E-state index contributed by atoms with van der Waals surface area (Å²) in [4.78, 5) is 15.7. The zero-order valence-corrected chi connectivity index (χ0v) is 11.5. The first-order valence-corrected chi connectivity index (χ1v) is 6.42. The van der Waals surface area contributed by atoms with Crippen molar-refractivity contribution in [1.29, 1.82) is 0 Å². The van der Waals surface area contributed by atoms with Crippen LogP contribution in [0.25, 0.3) is 0 Å². The summed E-state index contributed by atoms with van der Waals surface area (Å²) in [7, 11) is 0. The molecule has 0 saturated carbocycles. The molecule has 0 spiro atoms. The topological polar surface area (TPSA) is 42.0 Å². The number of amides is 1. The molecule has 1 rings (SSSR count). The summed E-state index contributed by atoms with van der Waals surface area (Å²) >= 11 is 11.5. The van der Waals surface area contributed by atoms with E-state index >= 15 is 0 Å². The molecule has 0 aliphatic rings. The molecule has 3 nitrogen and oxygen atoms in total. The predicted octanol–water partition coefficient (Wildman–Crippen LogP) is 3.70. The summed E-state index contributed by atoms with van der Waals surface area (Å²) in [6.07, 6.45) is 4.61. The molecule has 1 atom stereocenters. The van der Waals surface area contributed by atoms with Gasteiger partial charge in [0.2, 0.25) is 0 Å². The first kappa shape index (κ1) is 14.3. The van der Waals surface area contributed by atoms with Crippen molar-refractivity contribution < 1.29 is 4.79 Å². The van der Waals surface area contributed by atoms with Gasteiger partial charge in [-0.25, -0.2) is 4.98 Å². The van der Waals surface area contributed by atoms with E-state index in [9.17, 15) is 4.79 Å². The molecule has 1 aromatic rings. The second-order valence-corrected chi connectivity index (χ2v) is 4.78. The van der Waals surface area contributed by atoms with Crippen molar-refractivity contribution in [3.63, 3.8) is 0 Å². The minimum absolute atomic E-state index is 0.150. The standard InChI is InChI=1S/C12H16Cl2N2O/c1-3-4-5-8(2)16-12(17)9-6-10(13)11(14)15-7-9/h6-8H,3-5H2,1-2H3,(H,16,17). The highest BCUT2D eigenvalue weighted by molar-refractivity contribution is 6.41. The fourth-order valence-electron chi connectivity index (χ4n) is 1.44. The molecular formula is C12H16Cl2N2O. The number of carbonyl (C=O) groups is 1. The Morgan fingerprint density at radius 3 is 2.82 bits per heavy atom. The van der Waals surface area contributed by atoms with Gasteiger partial charge in [0.25, 0.3) is 5.91 Å². The van der Waals surface area contributed by atoms with Crippen LogP contribution in [0.5, 0.6) is 0 Å². The Kier molecular flexibility index (Phi) is 5.72. The molecule has 0 bridgehead atoms. The van der Waals surface area contributed by atoms with Gasteiger partial charge in [0.1, 0.15) is 5.15 Å². The Bertz CT molecular complexity index is 396. The predicted molar refractivity (Wildman–Crippen MR) is 70.7 cm³/mol. The lowest BCUT2D eigenvalue weighted by Gasteiger charge is -2.13. The lowest BCUT2D eigenvalue weighted by atomic mass is 10.1. The second kappa shape index (κ2) is 6.82. The van der Waals surface area contributed by atoms with E-state index in [-0.39, 0.29) is 17.1 Å². The Balaban J connectivity index is 2.60. The molecule has 17 heavy (non-hydrogen) atoms. The number of carbonyl (C=O) groups excluding carboxylic acids is 1. The molecule has 1 amide bonds. The number of halogens is 2. The van der Waals surface area contributed by atoms with Gasteiger partial charge in [-0.05, 0) is 19.4 Å². The minimum Gasteiger partial charge on any atom is -0.350 e. The highest BCUT2D eigenvalue weighted by atomic mass is 35.5. The second-order valence-electron chi connectivity index (χ2n) is 4.01. The third-order valence-electron chi connectivity index (χ3n) is 2.43. The average molecular weight is 275 g/mol. The van der Waals surface area contributed by atoms with Gasteiger partial charge in [0, 0.05) is 12.2 Å². The van der Waals surface area contributed by atoms with Gasteiger partial charge in [0.15, 0.2) is 0 Å². The number of pyridine rings is 1. The molecule has 0 aromatic carbocycles. The third kappa shape index (κ3) is 4.52. The summed E-state index contributed by atoms with van der Waals surface area (Å²) in [6, 6.07) is 1.68. The summed E-state index contributed by atoms with van der Waals surface area (Å²) in [5.74, 6) is -0.167. The summed E-state index contributed by atoms with van der Waals surface area (Å²) in [6.45, 7) is 4.11. The maximum absolute atomic E-state index is 11.8. The Morgan fingerprint density at radius 2 is 2.24 bits per heavy atom. The quantitative estimate of drug-likeness (QED) is 0.832. The number of nitrogens with zero attached hydrogens (tertiary/aromatic N) is 1. The van der Waals surface area contributed by atoms with Crippen molar-refractivity contribution in [1.82, 2.24) is 10.3 Å². The van der Waals surface area contributed by atoms with Crippen molar-refractivity contribution in [2.75, 3.05) is 0 Å². The zero-order chi connectivity index (χ0) is 12.8. The highest BCUT2D eigenvalue weighted by Gasteiger charge is 2.11. The average Bonchev–Trinajstić information content (AvgIpc) is 2.30. The number of hydrogen-bond acceptors (Lipinski definition) is 2. The van der Waals surface area contributed by atoms with Crippen LogP contribution in [0.1, 0.15) is 43.5 Å². The van der Waals surface area contributed by atoms with E-state index in [0.717, 1.165) is 19.3 Å².